The molecule has 0 saturated carbocycles. The van der Waals surface area contributed by atoms with E-state index in [2.05, 4.69) is 4.72 Å². The molecule has 0 bridgehead atoms. The van der Waals surface area contributed by atoms with Crippen molar-refractivity contribution >= 4 is 21.6 Å². The van der Waals surface area contributed by atoms with E-state index in [-0.39, 0.29) is 22.4 Å². The molecule has 19 heavy (non-hydrogen) atoms. The minimum absolute atomic E-state index is 0.186. The van der Waals surface area contributed by atoms with Gasteiger partial charge in [0.1, 0.15) is 10.7 Å². The van der Waals surface area contributed by atoms with Crippen LogP contribution in [0.1, 0.15) is 20.3 Å². The normalized spacial score (nSPS) is 13.8. The van der Waals surface area contributed by atoms with Gasteiger partial charge in [-0.25, -0.2) is 17.5 Å². The summed E-state index contributed by atoms with van der Waals surface area (Å²) in [5, 5.41) is 8.99. The zero-order valence-corrected chi connectivity index (χ0v) is 12.3. The van der Waals surface area contributed by atoms with Gasteiger partial charge in [0.25, 0.3) is 0 Å². The molecule has 0 radical (unpaired) electrons. The van der Waals surface area contributed by atoms with Gasteiger partial charge >= 0.3 is 0 Å². The summed E-state index contributed by atoms with van der Waals surface area (Å²) in [7, 11) is -3.87. The average Bonchev–Trinajstić information content (AvgIpc) is 2.26. The Labute approximate surface area is 117 Å². The first-order chi connectivity index (χ1) is 8.76. The Hall–Kier alpha value is -0.690. The third-order valence-electron chi connectivity index (χ3n) is 2.48. The van der Waals surface area contributed by atoms with Gasteiger partial charge < -0.3 is 5.11 Å². The highest BCUT2D eigenvalue weighted by Gasteiger charge is 2.22. The van der Waals surface area contributed by atoms with Gasteiger partial charge in [-0.3, -0.25) is 0 Å². The van der Waals surface area contributed by atoms with Crippen LogP contribution in [-0.2, 0) is 10.0 Å². The molecule has 0 amide bonds. The summed E-state index contributed by atoms with van der Waals surface area (Å²) in [6, 6.07) is 2.47. The first-order valence-corrected chi connectivity index (χ1v) is 7.70. The lowest BCUT2D eigenvalue weighted by Crippen LogP contribution is -2.38. The number of benzene rings is 1. The highest BCUT2D eigenvalue weighted by molar-refractivity contribution is 7.89. The summed E-state index contributed by atoms with van der Waals surface area (Å²) < 4.78 is 39.4. The smallest absolute Gasteiger partial charge is 0.242 e. The molecule has 1 rings (SSSR count). The van der Waals surface area contributed by atoms with Crippen molar-refractivity contribution in [3.63, 3.8) is 0 Å². The molecular weight excluding hydrogens is 293 g/mol. The number of halogens is 2. The monoisotopic (exact) mass is 309 g/mol. The number of nitrogens with one attached hydrogen (secondary N) is 1. The molecule has 1 aromatic rings. The van der Waals surface area contributed by atoms with Crippen LogP contribution in [0.4, 0.5) is 4.39 Å². The fraction of sp³-hybridized carbons (Fsp3) is 0.500. The molecule has 0 saturated heterocycles. The maximum absolute atomic E-state index is 12.9. The van der Waals surface area contributed by atoms with E-state index in [1.54, 1.807) is 0 Å². The fourth-order valence-electron chi connectivity index (χ4n) is 1.70. The quantitative estimate of drug-likeness (QED) is 0.846. The van der Waals surface area contributed by atoms with E-state index in [9.17, 15) is 17.9 Å². The summed E-state index contributed by atoms with van der Waals surface area (Å²) in [6.45, 7) is 3.53. The second-order valence-electron chi connectivity index (χ2n) is 4.71. The molecule has 1 aromatic carbocycles. The van der Waals surface area contributed by atoms with Crippen molar-refractivity contribution in [2.45, 2.75) is 31.2 Å². The molecular formula is C12H17ClFNO3S. The number of aliphatic hydroxyl groups excluding tert-OH is 1. The Kier molecular flexibility index (Phi) is 5.73. The summed E-state index contributed by atoms with van der Waals surface area (Å²) in [5.41, 5.74) is 0. The largest absolute Gasteiger partial charge is 0.395 e. The molecule has 0 heterocycles. The van der Waals surface area contributed by atoms with Crippen LogP contribution in [0.5, 0.6) is 0 Å². The number of rotatable bonds is 6. The molecule has 0 aliphatic carbocycles. The lowest BCUT2D eigenvalue weighted by Gasteiger charge is -2.18. The van der Waals surface area contributed by atoms with Gasteiger partial charge in [-0.05, 0) is 30.5 Å². The van der Waals surface area contributed by atoms with Gasteiger partial charge in [0.2, 0.25) is 10.0 Å². The van der Waals surface area contributed by atoms with Crippen molar-refractivity contribution in [2.75, 3.05) is 6.61 Å². The standard InChI is InChI=1S/C12H17ClFNO3S/c1-8(2)5-10(7-16)15-19(17,18)12-4-3-9(14)6-11(12)13/h3-4,6,8,10,15-16H,5,7H2,1-2H3. The molecule has 0 aliphatic heterocycles. The molecule has 4 nitrogen and oxygen atoms in total. The number of aliphatic hydroxyl groups is 1. The third-order valence-corrected chi connectivity index (χ3v) is 4.48. The lowest BCUT2D eigenvalue weighted by atomic mass is 10.1. The van der Waals surface area contributed by atoms with Gasteiger partial charge in [-0.1, -0.05) is 25.4 Å². The van der Waals surface area contributed by atoms with Crippen LogP contribution in [-0.4, -0.2) is 26.2 Å². The Morgan fingerprint density at radius 3 is 2.53 bits per heavy atom. The van der Waals surface area contributed by atoms with Crippen molar-refractivity contribution in [1.82, 2.24) is 4.72 Å². The Morgan fingerprint density at radius 1 is 1.42 bits per heavy atom. The number of sulfonamides is 1. The van der Waals surface area contributed by atoms with Crippen LogP contribution in [0.15, 0.2) is 23.1 Å². The molecule has 108 valence electrons. The molecule has 0 spiro atoms. The lowest BCUT2D eigenvalue weighted by molar-refractivity contribution is 0.240. The number of hydrogen-bond donors (Lipinski definition) is 2. The summed E-state index contributed by atoms with van der Waals surface area (Å²) >= 11 is 5.72. The molecule has 0 aliphatic rings. The van der Waals surface area contributed by atoms with Crippen LogP contribution in [0.25, 0.3) is 0 Å². The van der Waals surface area contributed by atoms with Crippen LogP contribution in [0.2, 0.25) is 5.02 Å². The Bertz CT molecular complexity index is 534. The SMILES string of the molecule is CC(C)CC(CO)NS(=O)(=O)c1ccc(F)cc1Cl. The summed E-state index contributed by atoms with van der Waals surface area (Å²) in [4.78, 5) is -0.197. The molecule has 1 unspecified atom stereocenters. The van der Waals surface area contributed by atoms with Crippen molar-refractivity contribution in [3.05, 3.63) is 29.0 Å². The molecule has 1 atom stereocenters. The maximum Gasteiger partial charge on any atom is 0.242 e. The predicted octanol–water partition coefficient (Wildman–Crippen LogP) is 2.16. The van der Waals surface area contributed by atoms with Gasteiger partial charge in [0.05, 0.1) is 11.6 Å². The van der Waals surface area contributed by atoms with Crippen LogP contribution in [0.3, 0.4) is 0 Å². The average molecular weight is 310 g/mol. The fourth-order valence-corrected chi connectivity index (χ4v) is 3.48. The summed E-state index contributed by atoms with van der Waals surface area (Å²) in [5.74, 6) is -0.381. The zero-order valence-electron chi connectivity index (χ0n) is 10.7. The van der Waals surface area contributed by atoms with E-state index in [4.69, 9.17) is 11.6 Å². The van der Waals surface area contributed by atoms with E-state index in [1.807, 2.05) is 13.8 Å². The van der Waals surface area contributed by atoms with Crippen molar-refractivity contribution in [1.29, 1.82) is 0 Å². The Balaban J connectivity index is 2.97. The first-order valence-electron chi connectivity index (χ1n) is 5.84. The van der Waals surface area contributed by atoms with E-state index < -0.39 is 21.9 Å². The minimum Gasteiger partial charge on any atom is -0.395 e. The van der Waals surface area contributed by atoms with E-state index in [1.165, 1.54) is 0 Å². The van der Waals surface area contributed by atoms with E-state index in [0.717, 1.165) is 18.2 Å². The second kappa shape index (κ2) is 6.65. The first kappa shape index (κ1) is 16.4. The van der Waals surface area contributed by atoms with E-state index in [0.29, 0.717) is 6.42 Å². The van der Waals surface area contributed by atoms with Gasteiger partial charge in [-0.2, -0.15) is 0 Å². The zero-order chi connectivity index (χ0) is 14.6. The predicted molar refractivity (Wildman–Crippen MR) is 72.1 cm³/mol. The minimum atomic E-state index is -3.87. The maximum atomic E-state index is 12.9. The van der Waals surface area contributed by atoms with Gasteiger partial charge in [0.15, 0.2) is 0 Å². The van der Waals surface area contributed by atoms with E-state index >= 15 is 0 Å². The van der Waals surface area contributed by atoms with Gasteiger partial charge in [-0.15, -0.1) is 0 Å². The molecule has 2 N–H and O–H groups in total. The molecule has 0 aromatic heterocycles. The van der Waals surface area contributed by atoms with Crippen molar-refractivity contribution in [2.24, 2.45) is 5.92 Å². The second-order valence-corrected chi connectivity index (χ2v) is 6.79. The Morgan fingerprint density at radius 2 is 2.05 bits per heavy atom. The number of hydrogen-bond acceptors (Lipinski definition) is 3. The summed E-state index contributed by atoms with van der Waals surface area (Å²) in [6.07, 6.45) is 0.495. The van der Waals surface area contributed by atoms with Crippen LogP contribution in [0, 0.1) is 11.7 Å². The van der Waals surface area contributed by atoms with Crippen molar-refractivity contribution in [3.8, 4) is 0 Å². The molecule has 7 heteroatoms. The van der Waals surface area contributed by atoms with Crippen molar-refractivity contribution < 1.29 is 17.9 Å². The highest BCUT2D eigenvalue weighted by Crippen LogP contribution is 2.22. The van der Waals surface area contributed by atoms with Crippen LogP contribution >= 0.6 is 11.6 Å². The molecule has 0 fully saturated rings. The third kappa shape index (κ3) is 4.72. The van der Waals surface area contributed by atoms with Gasteiger partial charge in [0, 0.05) is 6.04 Å². The topological polar surface area (TPSA) is 66.4 Å². The van der Waals surface area contributed by atoms with Crippen LogP contribution < -0.4 is 4.72 Å². The highest BCUT2D eigenvalue weighted by atomic mass is 35.5.